The molecule has 0 N–H and O–H groups in total. The number of hydrogen-bond acceptors (Lipinski definition) is 6. The topological polar surface area (TPSA) is 80.9 Å². The lowest BCUT2D eigenvalue weighted by molar-refractivity contribution is -0.870. The van der Waals surface area contributed by atoms with Gasteiger partial charge < -0.3 is 31.7 Å². The molecular weight excluding hydrogens is 649 g/mol. The van der Waals surface area contributed by atoms with E-state index in [1.54, 1.807) is 0 Å². The molecule has 6 rings (SSSR count). The van der Waals surface area contributed by atoms with Crippen LogP contribution in [0.3, 0.4) is 0 Å². The van der Waals surface area contributed by atoms with Gasteiger partial charge in [0.15, 0.2) is 11.4 Å². The van der Waals surface area contributed by atoms with E-state index in [4.69, 9.17) is 9.57 Å². The third kappa shape index (κ3) is 7.47. The van der Waals surface area contributed by atoms with Crippen molar-refractivity contribution in [3.05, 3.63) is 92.6 Å². The molecule has 0 bridgehead atoms. The fourth-order valence-corrected chi connectivity index (χ4v) is 7.35. The zero-order valence-electron chi connectivity index (χ0n) is 28.4. The van der Waals surface area contributed by atoms with E-state index >= 15 is 8.63 Å². The fraction of sp³-hybridized carbons (Fsp3) is 0.389. The molecule has 0 unspecified atom stereocenters. The van der Waals surface area contributed by atoms with Gasteiger partial charge in [-0.3, -0.25) is 9.59 Å². The lowest BCUT2D eigenvalue weighted by atomic mass is 9.88. The maximum absolute atomic E-state index is 16.8. The van der Waals surface area contributed by atoms with Gasteiger partial charge in [-0.25, -0.2) is 4.79 Å². The minimum atomic E-state index is -4.14. The first-order valence-corrected chi connectivity index (χ1v) is 17.6. The fourth-order valence-electron chi connectivity index (χ4n) is 6.61. The zero-order valence-corrected chi connectivity index (χ0v) is 29.2. The number of imide groups is 1. The number of nitrogens with zero attached hydrogens (tertiary/aromatic N) is 4. The molecule has 9 nitrogen and oxygen atoms in total. The Hall–Kier alpha value is -4.36. The van der Waals surface area contributed by atoms with Crippen molar-refractivity contribution < 1.29 is 41.6 Å². The normalized spacial score (nSPS) is 16.9. The zero-order chi connectivity index (χ0) is 34.9. The molecule has 2 aromatic heterocycles. The van der Waals surface area contributed by atoms with Crippen LogP contribution in [0.5, 0.6) is 5.75 Å². The number of hydroxylamine groups is 2. The van der Waals surface area contributed by atoms with E-state index in [9.17, 15) is 14.4 Å². The Morgan fingerprint density at radius 2 is 1.73 bits per heavy atom. The summed E-state index contributed by atoms with van der Waals surface area (Å²) in [6.07, 6.45) is 7.02. The van der Waals surface area contributed by atoms with Gasteiger partial charge in [-0.15, -0.1) is 16.4 Å². The number of benzene rings is 1. The van der Waals surface area contributed by atoms with Crippen molar-refractivity contribution in [2.45, 2.75) is 58.3 Å². The number of carbonyl (C=O) groups excluding carboxylic acids is 3. The second-order valence-corrected chi connectivity index (χ2v) is 14.8. The smallest absolute Gasteiger partial charge is 0.494 e. The van der Waals surface area contributed by atoms with Gasteiger partial charge in [-0.05, 0) is 79.1 Å². The van der Waals surface area contributed by atoms with Crippen molar-refractivity contribution in [1.82, 2.24) is 9.54 Å². The summed E-state index contributed by atoms with van der Waals surface area (Å²) in [4.78, 5) is 40.9. The van der Waals surface area contributed by atoms with E-state index in [0.717, 1.165) is 45.4 Å². The third-order valence-corrected chi connectivity index (χ3v) is 9.94. The lowest BCUT2D eigenvalue weighted by Gasteiger charge is -2.32. The molecule has 49 heavy (non-hydrogen) atoms. The Morgan fingerprint density at radius 3 is 2.41 bits per heavy atom. The summed E-state index contributed by atoms with van der Waals surface area (Å²) in [5.74, 6) is -1.07. The second-order valence-electron chi connectivity index (χ2n) is 13.9. The molecule has 0 saturated carbocycles. The summed E-state index contributed by atoms with van der Waals surface area (Å²) in [5.41, 5.74) is 5.14. The highest BCUT2D eigenvalue weighted by atomic mass is 32.1. The van der Waals surface area contributed by atoms with Gasteiger partial charge in [0, 0.05) is 42.7 Å². The number of amides is 2. The van der Waals surface area contributed by atoms with Crippen LogP contribution < -0.4 is 4.74 Å². The lowest BCUT2D eigenvalue weighted by Crippen LogP contribution is -2.51. The summed E-state index contributed by atoms with van der Waals surface area (Å²) >= 11 is 1.48. The summed E-state index contributed by atoms with van der Waals surface area (Å²) < 4.78 is 42.8. The minimum Gasteiger partial charge on any atom is -0.494 e. The monoisotopic (exact) mass is 691 g/mol. The summed E-state index contributed by atoms with van der Waals surface area (Å²) in [6, 6.07) is 13.2. The number of quaternary nitrogens is 1. The Labute approximate surface area is 289 Å². The Kier molecular flexibility index (Phi) is 9.77. The maximum atomic E-state index is 16.8. The SMILES string of the molecule is Cc1cc(CCc2ccc(OCCCC(=O)ON3C(=O)CCC3=O)cc2)n2c1C=C1C(CCC[N+](C)(C)C)=CC(c3cccs3)=[N+]1[B-]2(F)F. The van der Waals surface area contributed by atoms with Gasteiger partial charge in [-0.2, -0.15) is 0 Å². The van der Waals surface area contributed by atoms with E-state index in [0.29, 0.717) is 52.9 Å². The second kappa shape index (κ2) is 13.9. The highest BCUT2D eigenvalue weighted by Crippen LogP contribution is 2.40. The summed E-state index contributed by atoms with van der Waals surface area (Å²) in [6.45, 7) is -1.04. The van der Waals surface area contributed by atoms with E-state index in [1.165, 1.54) is 20.3 Å². The number of halogens is 2. The molecule has 13 heteroatoms. The molecule has 5 heterocycles. The van der Waals surface area contributed by atoms with Crippen LogP contribution in [0.2, 0.25) is 0 Å². The number of thiophene rings is 1. The molecule has 3 aliphatic rings. The number of carbonyl (C=O) groups is 3. The van der Waals surface area contributed by atoms with E-state index < -0.39 is 24.8 Å². The first-order chi connectivity index (χ1) is 23.3. The van der Waals surface area contributed by atoms with Crippen molar-refractivity contribution in [3.63, 3.8) is 0 Å². The van der Waals surface area contributed by atoms with Gasteiger partial charge in [0.05, 0.1) is 45.6 Å². The molecule has 3 aliphatic heterocycles. The van der Waals surface area contributed by atoms with Crippen LogP contribution in [0.15, 0.2) is 65.2 Å². The van der Waals surface area contributed by atoms with Gasteiger partial charge in [0.2, 0.25) is 0 Å². The first kappa shape index (κ1) is 34.5. The van der Waals surface area contributed by atoms with E-state index in [1.807, 2.05) is 66.9 Å². The van der Waals surface area contributed by atoms with Gasteiger partial charge in [0.1, 0.15) is 5.75 Å². The molecule has 258 valence electrons. The molecule has 1 saturated heterocycles. The largest absolute Gasteiger partial charge is 0.737 e. The van der Waals surface area contributed by atoms with Crippen LogP contribution in [0, 0.1) is 6.92 Å². The predicted octanol–water partition coefficient (Wildman–Crippen LogP) is 5.91. The van der Waals surface area contributed by atoms with Gasteiger partial charge in [0.25, 0.3) is 11.8 Å². The highest BCUT2D eigenvalue weighted by molar-refractivity contribution is 7.12. The van der Waals surface area contributed by atoms with Gasteiger partial charge in [-0.1, -0.05) is 18.2 Å². The number of fused-ring (bicyclic) bond motifs is 2. The van der Waals surface area contributed by atoms with Crippen LogP contribution in [0.4, 0.5) is 8.63 Å². The molecular formula is C36H42BF2N4O5S+. The molecule has 0 radical (unpaired) electrons. The van der Waals surface area contributed by atoms with Crippen LogP contribution in [-0.2, 0) is 32.1 Å². The van der Waals surface area contributed by atoms with Crippen LogP contribution in [0.1, 0.15) is 65.9 Å². The van der Waals surface area contributed by atoms with Crippen LogP contribution in [-0.4, -0.2) is 83.3 Å². The van der Waals surface area contributed by atoms with Crippen molar-refractivity contribution in [3.8, 4) is 5.75 Å². The number of aromatic nitrogens is 1. The number of ether oxygens (including phenoxy) is 1. The molecule has 2 amide bonds. The number of allylic oxidation sites excluding steroid dienone is 2. The number of rotatable bonds is 14. The van der Waals surface area contributed by atoms with Crippen molar-refractivity contribution >= 4 is 47.9 Å². The predicted molar refractivity (Wildman–Crippen MR) is 185 cm³/mol. The first-order valence-electron chi connectivity index (χ1n) is 16.8. The maximum Gasteiger partial charge on any atom is 0.737 e. The van der Waals surface area contributed by atoms with Crippen molar-refractivity contribution in [2.75, 3.05) is 34.3 Å². The molecule has 1 aromatic carbocycles. The van der Waals surface area contributed by atoms with Crippen molar-refractivity contribution in [1.29, 1.82) is 0 Å². The van der Waals surface area contributed by atoms with E-state index in [-0.39, 0.29) is 25.9 Å². The average molecular weight is 692 g/mol. The number of aryl methyl sites for hydroxylation is 3. The highest BCUT2D eigenvalue weighted by Gasteiger charge is 2.54. The summed E-state index contributed by atoms with van der Waals surface area (Å²) in [5, 5.41) is 2.47. The molecule has 0 atom stereocenters. The minimum absolute atomic E-state index is 0.00302. The summed E-state index contributed by atoms with van der Waals surface area (Å²) in [7, 11) is 6.44. The molecule has 0 spiro atoms. The van der Waals surface area contributed by atoms with Crippen molar-refractivity contribution in [2.24, 2.45) is 0 Å². The average Bonchev–Trinajstić information content (AvgIpc) is 3.83. The van der Waals surface area contributed by atoms with E-state index in [2.05, 4.69) is 21.1 Å². The third-order valence-electron chi connectivity index (χ3n) is 9.04. The molecule has 0 aliphatic carbocycles. The Bertz CT molecular complexity index is 1840. The molecule has 3 aromatic rings. The molecule has 1 fully saturated rings. The van der Waals surface area contributed by atoms with Crippen LogP contribution >= 0.6 is 11.3 Å². The van der Waals surface area contributed by atoms with Gasteiger partial charge >= 0.3 is 12.9 Å². The quantitative estimate of drug-likeness (QED) is 0.0909. The Morgan fingerprint density at radius 1 is 1.00 bits per heavy atom. The Balaban J connectivity index is 1.10. The number of hydrogen-bond donors (Lipinski definition) is 0. The standard InChI is InChI=1S/C36H42BF2N4O5S/c1-25-22-28(14-11-26-12-15-29(16-13-26)47-20-6-10-36(46)48-42-34(44)17-18-35(42)45)40-30(25)24-31-27(8-5-19-43(2,3)4)23-32(33-9-7-21-49-33)41(31)37(40,38)39/h7,9,12-13,15-16,21-24H,5-6,8,10-11,14,17-20H2,1-4H3/q+1. The van der Waals surface area contributed by atoms with Crippen LogP contribution in [0.25, 0.3) is 6.08 Å².